The van der Waals surface area contributed by atoms with E-state index in [2.05, 4.69) is 15.7 Å². The Labute approximate surface area is 169 Å². The third kappa shape index (κ3) is 4.19. The highest BCUT2D eigenvalue weighted by Crippen LogP contribution is 2.31. The van der Waals surface area contributed by atoms with Crippen LogP contribution in [-0.4, -0.2) is 41.5 Å². The second-order valence-electron chi connectivity index (χ2n) is 7.70. The number of carbonyl (C=O) groups excluding carboxylic acids is 2. The average Bonchev–Trinajstić information content (AvgIpc) is 3.23. The second-order valence-corrected chi connectivity index (χ2v) is 9.92. The number of rotatable bonds is 4. The minimum Gasteiger partial charge on any atom is -0.326 e. The van der Waals surface area contributed by atoms with Gasteiger partial charge in [0.05, 0.1) is 17.5 Å². The predicted molar refractivity (Wildman–Crippen MR) is 110 cm³/mol. The number of benzene rings is 1. The number of amides is 2. The van der Waals surface area contributed by atoms with Crippen LogP contribution in [0.4, 0.5) is 11.4 Å². The molecular weight excluding hydrogens is 392 g/mol. The first kappa shape index (κ1) is 19.6. The second kappa shape index (κ2) is 7.62. The lowest BCUT2D eigenvalue weighted by Crippen LogP contribution is -2.17. The van der Waals surface area contributed by atoms with E-state index in [1.165, 1.54) is 6.92 Å². The molecule has 2 amide bonds. The highest BCUT2D eigenvalue weighted by molar-refractivity contribution is 7.91. The number of aromatic nitrogens is 2. The number of fused-ring (bicyclic) bond motifs is 1. The molecule has 1 atom stereocenters. The summed E-state index contributed by atoms with van der Waals surface area (Å²) in [7, 11) is -3.03. The SMILES string of the molecule is CC(=O)Nc1ccc(NC(=O)c2nn(C3CCS(=O)(=O)C3)c3c2CCCC3)cc1. The first-order valence-corrected chi connectivity index (χ1v) is 11.6. The Morgan fingerprint density at radius 1 is 1.07 bits per heavy atom. The lowest BCUT2D eigenvalue weighted by atomic mass is 9.95. The van der Waals surface area contributed by atoms with Gasteiger partial charge in [0, 0.05) is 29.6 Å². The number of nitrogens with zero attached hydrogens (tertiary/aromatic N) is 2. The summed E-state index contributed by atoms with van der Waals surface area (Å²) in [6.45, 7) is 1.44. The van der Waals surface area contributed by atoms with Crippen molar-refractivity contribution in [2.45, 2.75) is 45.1 Å². The van der Waals surface area contributed by atoms with Gasteiger partial charge >= 0.3 is 0 Å². The van der Waals surface area contributed by atoms with E-state index in [4.69, 9.17) is 0 Å². The molecule has 1 fully saturated rings. The summed E-state index contributed by atoms with van der Waals surface area (Å²) in [6.07, 6.45) is 4.15. The first-order chi connectivity index (χ1) is 13.8. The van der Waals surface area contributed by atoms with Crippen LogP contribution in [0, 0.1) is 0 Å². The Hall–Kier alpha value is -2.68. The van der Waals surface area contributed by atoms with Gasteiger partial charge < -0.3 is 10.6 Å². The Bertz CT molecular complexity index is 1060. The van der Waals surface area contributed by atoms with Crippen LogP contribution in [-0.2, 0) is 27.5 Å². The van der Waals surface area contributed by atoms with Crippen molar-refractivity contribution in [1.82, 2.24) is 9.78 Å². The summed E-state index contributed by atoms with van der Waals surface area (Å²) in [5, 5.41) is 10.1. The van der Waals surface area contributed by atoms with Crippen LogP contribution < -0.4 is 10.6 Å². The molecule has 1 saturated heterocycles. The van der Waals surface area contributed by atoms with Gasteiger partial charge in [0.2, 0.25) is 5.91 Å². The number of carbonyl (C=O) groups is 2. The molecule has 154 valence electrons. The van der Waals surface area contributed by atoms with Crippen molar-refractivity contribution in [2.24, 2.45) is 0 Å². The van der Waals surface area contributed by atoms with Crippen molar-refractivity contribution in [2.75, 3.05) is 22.1 Å². The van der Waals surface area contributed by atoms with Crippen LogP contribution in [0.15, 0.2) is 24.3 Å². The van der Waals surface area contributed by atoms with Crippen LogP contribution >= 0.6 is 0 Å². The molecule has 1 aromatic heterocycles. The molecule has 2 heterocycles. The molecule has 0 saturated carbocycles. The van der Waals surface area contributed by atoms with E-state index in [0.29, 0.717) is 23.5 Å². The zero-order valence-electron chi connectivity index (χ0n) is 16.3. The van der Waals surface area contributed by atoms with Gasteiger partial charge in [-0.25, -0.2) is 8.42 Å². The number of nitrogens with one attached hydrogen (secondary N) is 2. The fraction of sp³-hybridized carbons (Fsp3) is 0.450. The van der Waals surface area contributed by atoms with Gasteiger partial charge in [-0.1, -0.05) is 0 Å². The van der Waals surface area contributed by atoms with Crippen LogP contribution in [0.25, 0.3) is 0 Å². The molecule has 2 N–H and O–H groups in total. The Kier molecular flexibility index (Phi) is 5.16. The molecule has 1 unspecified atom stereocenters. The van der Waals surface area contributed by atoms with Crippen LogP contribution in [0.2, 0.25) is 0 Å². The van der Waals surface area contributed by atoms with Crippen molar-refractivity contribution < 1.29 is 18.0 Å². The van der Waals surface area contributed by atoms with Gasteiger partial charge in [0.25, 0.3) is 5.91 Å². The molecule has 0 spiro atoms. The summed E-state index contributed by atoms with van der Waals surface area (Å²) >= 11 is 0. The highest BCUT2D eigenvalue weighted by Gasteiger charge is 2.34. The predicted octanol–water partition coefficient (Wildman–Crippen LogP) is 2.33. The van der Waals surface area contributed by atoms with Gasteiger partial charge in [0.15, 0.2) is 15.5 Å². The van der Waals surface area contributed by atoms with Gasteiger partial charge in [-0.3, -0.25) is 14.3 Å². The summed E-state index contributed by atoms with van der Waals surface area (Å²) < 4.78 is 25.6. The lowest BCUT2D eigenvalue weighted by molar-refractivity contribution is -0.114. The molecule has 8 nitrogen and oxygen atoms in total. The fourth-order valence-corrected chi connectivity index (χ4v) is 5.80. The monoisotopic (exact) mass is 416 g/mol. The number of anilines is 2. The van der Waals surface area contributed by atoms with E-state index in [1.807, 2.05) is 0 Å². The fourth-order valence-electron chi connectivity index (χ4n) is 4.11. The molecule has 1 aliphatic carbocycles. The number of hydrogen-bond acceptors (Lipinski definition) is 5. The maximum atomic E-state index is 12.9. The molecular formula is C20H24N4O4S. The minimum atomic E-state index is -3.03. The van der Waals surface area contributed by atoms with Crippen molar-refractivity contribution in [1.29, 1.82) is 0 Å². The van der Waals surface area contributed by atoms with Crippen molar-refractivity contribution in [3.05, 3.63) is 41.2 Å². The molecule has 2 aromatic rings. The number of sulfone groups is 1. The molecule has 0 radical (unpaired) electrons. The van der Waals surface area contributed by atoms with Gasteiger partial charge in [-0.05, 0) is 56.4 Å². The Balaban J connectivity index is 1.58. The minimum absolute atomic E-state index is 0.0901. The maximum absolute atomic E-state index is 12.9. The normalized spacial score (nSPS) is 20.1. The van der Waals surface area contributed by atoms with Crippen LogP contribution in [0.1, 0.15) is 54.0 Å². The molecule has 1 aliphatic heterocycles. The van der Waals surface area contributed by atoms with E-state index in [-0.39, 0.29) is 29.4 Å². The zero-order valence-corrected chi connectivity index (χ0v) is 17.1. The molecule has 4 rings (SSSR count). The van der Waals surface area contributed by atoms with Crippen molar-refractivity contribution >= 4 is 33.0 Å². The Morgan fingerprint density at radius 3 is 2.34 bits per heavy atom. The van der Waals surface area contributed by atoms with Crippen LogP contribution in [0.3, 0.4) is 0 Å². The quantitative estimate of drug-likeness (QED) is 0.795. The van der Waals surface area contributed by atoms with E-state index < -0.39 is 9.84 Å². The highest BCUT2D eigenvalue weighted by atomic mass is 32.2. The average molecular weight is 417 g/mol. The van der Waals surface area contributed by atoms with Crippen molar-refractivity contribution in [3.63, 3.8) is 0 Å². The van der Waals surface area contributed by atoms with E-state index in [9.17, 15) is 18.0 Å². The van der Waals surface area contributed by atoms with E-state index in [1.54, 1.807) is 28.9 Å². The smallest absolute Gasteiger partial charge is 0.276 e. The van der Waals surface area contributed by atoms with E-state index in [0.717, 1.165) is 36.9 Å². The lowest BCUT2D eigenvalue weighted by Gasteiger charge is -2.17. The third-order valence-corrected chi connectivity index (χ3v) is 7.19. The van der Waals surface area contributed by atoms with E-state index >= 15 is 0 Å². The summed E-state index contributed by atoms with van der Waals surface area (Å²) in [5.74, 6) is -0.190. The Morgan fingerprint density at radius 2 is 1.72 bits per heavy atom. The summed E-state index contributed by atoms with van der Waals surface area (Å²) in [5.41, 5.74) is 3.58. The van der Waals surface area contributed by atoms with Gasteiger partial charge in [-0.2, -0.15) is 5.10 Å². The van der Waals surface area contributed by atoms with Gasteiger partial charge in [-0.15, -0.1) is 0 Å². The summed E-state index contributed by atoms with van der Waals surface area (Å²) in [6, 6.07) is 6.68. The standard InChI is InChI=1S/C20H24N4O4S/c1-13(25)21-14-6-8-15(9-7-14)22-20(26)19-17-4-2-3-5-18(17)24(23-19)16-10-11-29(27,28)12-16/h6-9,16H,2-5,10-12H2,1H3,(H,21,25)(H,22,26). The molecule has 1 aromatic carbocycles. The van der Waals surface area contributed by atoms with Gasteiger partial charge in [0.1, 0.15) is 0 Å². The topological polar surface area (TPSA) is 110 Å². The zero-order chi connectivity index (χ0) is 20.6. The summed E-state index contributed by atoms with van der Waals surface area (Å²) in [4.78, 5) is 24.0. The molecule has 2 aliphatic rings. The van der Waals surface area contributed by atoms with Crippen molar-refractivity contribution in [3.8, 4) is 0 Å². The maximum Gasteiger partial charge on any atom is 0.276 e. The third-order valence-electron chi connectivity index (χ3n) is 5.44. The molecule has 29 heavy (non-hydrogen) atoms. The number of hydrogen-bond donors (Lipinski definition) is 2. The molecule has 0 bridgehead atoms. The first-order valence-electron chi connectivity index (χ1n) is 9.82. The van der Waals surface area contributed by atoms with Crippen LogP contribution in [0.5, 0.6) is 0 Å². The largest absolute Gasteiger partial charge is 0.326 e. The molecule has 9 heteroatoms.